The molecule has 2 saturated carbocycles. The van der Waals surface area contributed by atoms with Gasteiger partial charge in [-0.05, 0) is 36.8 Å². The van der Waals surface area contributed by atoms with Gasteiger partial charge in [-0.15, -0.1) is 0 Å². The molecule has 0 aliphatic heterocycles. The molecule has 0 heterocycles. The van der Waals surface area contributed by atoms with Crippen molar-refractivity contribution in [1.29, 1.82) is 0 Å². The van der Waals surface area contributed by atoms with Gasteiger partial charge >= 0.3 is 0 Å². The summed E-state index contributed by atoms with van der Waals surface area (Å²) in [6.45, 7) is 1.67. The zero-order valence-electron chi connectivity index (χ0n) is 11.8. The molecule has 114 valence electrons. The molecule has 21 heavy (non-hydrogen) atoms. The highest BCUT2D eigenvalue weighted by atomic mass is 35.5. The van der Waals surface area contributed by atoms with Crippen LogP contribution in [0.3, 0.4) is 0 Å². The van der Waals surface area contributed by atoms with Crippen LogP contribution in [0.15, 0.2) is 23.1 Å². The highest BCUT2D eigenvalue weighted by molar-refractivity contribution is 7.90. The van der Waals surface area contributed by atoms with Gasteiger partial charge in [0.25, 0.3) is 10.0 Å². The van der Waals surface area contributed by atoms with Crippen molar-refractivity contribution in [3.8, 4) is 0 Å². The number of amides is 1. The first-order chi connectivity index (χ1) is 9.90. The Hall–Kier alpha value is -1.07. The van der Waals surface area contributed by atoms with Gasteiger partial charge in [0.1, 0.15) is 4.90 Å². The largest absolute Gasteiger partial charge is 0.274 e. The fourth-order valence-corrected chi connectivity index (χ4v) is 4.98. The molecular weight excluding hydrogens is 310 g/mol. The molecule has 0 spiro atoms. The first kappa shape index (κ1) is 14.9. The summed E-state index contributed by atoms with van der Waals surface area (Å²) in [5.41, 5.74) is 0.536. The number of nitrogens with one attached hydrogen (secondary N) is 1. The molecule has 6 heteroatoms. The molecule has 0 saturated heterocycles. The summed E-state index contributed by atoms with van der Waals surface area (Å²) in [6, 6.07) is 4.87. The Kier molecular flexibility index (Phi) is 3.74. The van der Waals surface area contributed by atoms with E-state index >= 15 is 0 Å². The molecule has 1 aromatic carbocycles. The molecule has 2 atom stereocenters. The van der Waals surface area contributed by atoms with Crippen LogP contribution in [0.5, 0.6) is 0 Å². The normalized spacial score (nSPS) is 25.2. The van der Waals surface area contributed by atoms with Crippen molar-refractivity contribution in [2.45, 2.75) is 37.5 Å². The lowest BCUT2D eigenvalue weighted by Crippen LogP contribution is -2.33. The number of halogens is 1. The molecule has 1 aromatic rings. The van der Waals surface area contributed by atoms with Gasteiger partial charge in [-0.25, -0.2) is 13.1 Å². The van der Waals surface area contributed by atoms with E-state index in [-0.39, 0.29) is 21.7 Å². The van der Waals surface area contributed by atoms with Gasteiger partial charge in [0.15, 0.2) is 0 Å². The summed E-state index contributed by atoms with van der Waals surface area (Å²) in [7, 11) is -3.90. The molecular formula is C15H18ClNO3S. The lowest BCUT2D eigenvalue weighted by Gasteiger charge is -2.25. The maximum atomic E-state index is 12.4. The van der Waals surface area contributed by atoms with Crippen LogP contribution in [-0.4, -0.2) is 14.3 Å². The predicted molar refractivity (Wildman–Crippen MR) is 80.5 cm³/mol. The molecule has 0 bridgehead atoms. The minimum Gasteiger partial charge on any atom is -0.274 e. The van der Waals surface area contributed by atoms with Crippen LogP contribution >= 0.6 is 11.6 Å². The summed E-state index contributed by atoms with van der Waals surface area (Å²) < 4.78 is 26.9. The quantitative estimate of drug-likeness (QED) is 0.924. The van der Waals surface area contributed by atoms with Crippen LogP contribution in [0.4, 0.5) is 0 Å². The highest BCUT2D eigenvalue weighted by Gasteiger charge is 2.49. The van der Waals surface area contributed by atoms with Gasteiger partial charge in [-0.3, -0.25) is 4.79 Å². The number of rotatable bonds is 4. The maximum Gasteiger partial charge on any atom is 0.265 e. The van der Waals surface area contributed by atoms with Crippen LogP contribution in [-0.2, 0) is 14.8 Å². The van der Waals surface area contributed by atoms with E-state index < -0.39 is 10.0 Å². The van der Waals surface area contributed by atoms with Gasteiger partial charge < -0.3 is 0 Å². The number of benzene rings is 1. The van der Waals surface area contributed by atoms with Gasteiger partial charge in [-0.2, -0.15) is 0 Å². The number of carbonyl (C=O) groups is 1. The Morgan fingerprint density at radius 1 is 1.33 bits per heavy atom. The van der Waals surface area contributed by atoms with Gasteiger partial charge in [0.2, 0.25) is 5.91 Å². The summed E-state index contributed by atoms with van der Waals surface area (Å²) in [4.78, 5) is 12.1. The topological polar surface area (TPSA) is 63.2 Å². The molecule has 0 unspecified atom stereocenters. The summed E-state index contributed by atoms with van der Waals surface area (Å²) in [6.07, 6.45) is 4.38. The minimum absolute atomic E-state index is 0.000797. The lowest BCUT2D eigenvalue weighted by atomic mass is 9.81. The van der Waals surface area contributed by atoms with E-state index in [1.54, 1.807) is 19.1 Å². The van der Waals surface area contributed by atoms with E-state index in [1.165, 1.54) is 25.3 Å². The number of aryl methyl sites for hydroxylation is 1. The van der Waals surface area contributed by atoms with Crippen LogP contribution in [0.25, 0.3) is 0 Å². The second-order valence-corrected chi connectivity index (χ2v) is 8.08. The Balaban J connectivity index is 1.73. The molecule has 0 radical (unpaired) electrons. The molecule has 1 N–H and O–H groups in total. The van der Waals surface area contributed by atoms with Crippen LogP contribution in [0.2, 0.25) is 5.02 Å². The summed E-state index contributed by atoms with van der Waals surface area (Å²) >= 11 is 5.97. The first-order valence-electron chi connectivity index (χ1n) is 7.22. The van der Waals surface area contributed by atoms with E-state index in [0.717, 1.165) is 6.42 Å². The molecule has 2 aliphatic carbocycles. The predicted octanol–water partition coefficient (Wildman–Crippen LogP) is 2.89. The monoisotopic (exact) mass is 327 g/mol. The molecule has 0 aromatic heterocycles. The van der Waals surface area contributed by atoms with Crippen molar-refractivity contribution in [2.24, 2.45) is 17.8 Å². The number of hydrogen-bond acceptors (Lipinski definition) is 3. The Morgan fingerprint density at radius 2 is 2.05 bits per heavy atom. The molecule has 4 nitrogen and oxygen atoms in total. The fourth-order valence-electron chi connectivity index (χ4n) is 3.12. The second kappa shape index (κ2) is 5.29. The number of sulfonamides is 1. The molecule has 2 aliphatic rings. The van der Waals surface area contributed by atoms with Crippen molar-refractivity contribution in [2.75, 3.05) is 0 Å². The Labute approximate surface area is 129 Å². The van der Waals surface area contributed by atoms with Crippen molar-refractivity contribution >= 4 is 27.5 Å². The average Bonchev–Trinajstić information content (AvgIpc) is 3.05. The van der Waals surface area contributed by atoms with E-state index in [1.807, 2.05) is 0 Å². The number of hydrogen-bond donors (Lipinski definition) is 1. The third-order valence-corrected chi connectivity index (χ3v) is 6.58. The van der Waals surface area contributed by atoms with Crippen LogP contribution in [0.1, 0.15) is 31.2 Å². The van der Waals surface area contributed by atoms with Gasteiger partial charge in [-0.1, -0.05) is 43.0 Å². The van der Waals surface area contributed by atoms with Crippen molar-refractivity contribution in [3.63, 3.8) is 0 Å². The molecule has 2 fully saturated rings. The van der Waals surface area contributed by atoms with Gasteiger partial charge in [0.05, 0.1) is 5.02 Å². The molecule has 1 amide bonds. The highest BCUT2D eigenvalue weighted by Crippen LogP contribution is 2.51. The number of carbonyl (C=O) groups excluding carboxylic acids is 1. The summed E-state index contributed by atoms with van der Waals surface area (Å²) in [5.74, 6) is 0.464. The lowest BCUT2D eigenvalue weighted by molar-refractivity contribution is -0.121. The third kappa shape index (κ3) is 2.81. The van der Waals surface area contributed by atoms with Crippen molar-refractivity contribution < 1.29 is 13.2 Å². The third-order valence-electron chi connectivity index (χ3n) is 4.60. The smallest absolute Gasteiger partial charge is 0.265 e. The Bertz CT molecular complexity index is 662. The van der Waals surface area contributed by atoms with Crippen molar-refractivity contribution in [1.82, 2.24) is 4.72 Å². The zero-order chi connectivity index (χ0) is 15.2. The van der Waals surface area contributed by atoms with E-state index in [0.29, 0.717) is 17.4 Å². The average molecular weight is 328 g/mol. The first-order valence-corrected chi connectivity index (χ1v) is 9.08. The maximum absolute atomic E-state index is 12.4. The summed E-state index contributed by atoms with van der Waals surface area (Å²) in [5, 5.41) is 0.140. The van der Waals surface area contributed by atoms with Crippen molar-refractivity contribution in [3.05, 3.63) is 28.8 Å². The Morgan fingerprint density at radius 3 is 2.62 bits per heavy atom. The van der Waals surface area contributed by atoms with E-state index in [2.05, 4.69) is 4.72 Å². The van der Waals surface area contributed by atoms with E-state index in [9.17, 15) is 13.2 Å². The minimum atomic E-state index is -3.90. The second-order valence-electron chi connectivity index (χ2n) is 6.05. The van der Waals surface area contributed by atoms with Crippen LogP contribution in [0, 0.1) is 24.7 Å². The fraction of sp³-hybridized carbons (Fsp3) is 0.533. The van der Waals surface area contributed by atoms with Gasteiger partial charge in [0, 0.05) is 5.92 Å². The van der Waals surface area contributed by atoms with Crippen LogP contribution < -0.4 is 4.72 Å². The standard InChI is InChI=1S/C15H18ClNO3S/c1-9-4-2-7-13(16)14(9)21(19,20)17-15(18)12-8-11(12)10-5-3-6-10/h2,4,7,10-12H,3,5-6,8H2,1H3,(H,17,18)/t11-,12+/m0/s1. The zero-order valence-corrected chi connectivity index (χ0v) is 13.4. The molecule has 3 rings (SSSR count). The SMILES string of the molecule is Cc1cccc(Cl)c1S(=O)(=O)NC(=O)[C@@H]1C[C@H]1C1CCC1. The van der Waals surface area contributed by atoms with E-state index in [4.69, 9.17) is 11.6 Å².